The minimum Gasteiger partial charge on any atom is -0.311 e. The second-order valence-corrected chi connectivity index (χ2v) is 5.56. The molecular weight excluding hydrogens is 266 g/mol. The number of pyridine rings is 1. The van der Waals surface area contributed by atoms with Crippen molar-refractivity contribution >= 4 is 5.69 Å². The summed E-state index contributed by atoms with van der Waals surface area (Å²) in [5, 5.41) is 14.4. The third-order valence-corrected chi connectivity index (χ3v) is 3.76. The Morgan fingerprint density at radius 2 is 1.86 bits per heavy atom. The molecule has 0 saturated carbocycles. The van der Waals surface area contributed by atoms with Crippen molar-refractivity contribution in [3.63, 3.8) is 0 Å². The van der Waals surface area contributed by atoms with Crippen LogP contribution in [0.15, 0.2) is 6.20 Å². The standard InChI is InChI=1S/C16H27N3O2/c1-4-5-6-7-8-9-10-17-12-15-14(3)16(19(20)21)13(2)11-18-15/h11,17H,4-10,12H2,1-3H3. The number of hydrogen-bond acceptors (Lipinski definition) is 4. The van der Waals surface area contributed by atoms with Crippen LogP contribution in [0.2, 0.25) is 0 Å². The lowest BCUT2D eigenvalue weighted by Gasteiger charge is -2.08. The molecule has 0 radical (unpaired) electrons. The van der Waals surface area contributed by atoms with E-state index in [-0.39, 0.29) is 10.6 Å². The lowest BCUT2D eigenvalue weighted by molar-refractivity contribution is -0.386. The van der Waals surface area contributed by atoms with Crippen LogP contribution in [0, 0.1) is 24.0 Å². The summed E-state index contributed by atoms with van der Waals surface area (Å²) in [6, 6.07) is 0. The third-order valence-electron chi connectivity index (χ3n) is 3.76. The lowest BCUT2D eigenvalue weighted by atomic mass is 10.1. The molecule has 1 aromatic heterocycles. The Morgan fingerprint density at radius 3 is 2.52 bits per heavy atom. The van der Waals surface area contributed by atoms with Crippen LogP contribution in [0.3, 0.4) is 0 Å². The second kappa shape index (κ2) is 9.45. The van der Waals surface area contributed by atoms with E-state index in [4.69, 9.17) is 0 Å². The molecule has 5 nitrogen and oxygen atoms in total. The number of nitrogens with one attached hydrogen (secondary N) is 1. The molecule has 1 aromatic rings. The number of aryl methyl sites for hydroxylation is 1. The normalized spacial score (nSPS) is 10.8. The van der Waals surface area contributed by atoms with Crippen molar-refractivity contribution in [1.29, 1.82) is 0 Å². The average Bonchev–Trinajstić information content (AvgIpc) is 2.43. The van der Waals surface area contributed by atoms with Gasteiger partial charge in [-0.1, -0.05) is 39.0 Å². The van der Waals surface area contributed by atoms with Crippen LogP contribution in [0.4, 0.5) is 5.69 Å². The quantitative estimate of drug-likeness (QED) is 0.401. The molecule has 5 heteroatoms. The molecule has 118 valence electrons. The Hall–Kier alpha value is -1.49. The SMILES string of the molecule is CCCCCCCCNCc1ncc(C)c([N+](=O)[O-])c1C. The zero-order chi connectivity index (χ0) is 15.7. The van der Waals surface area contributed by atoms with Gasteiger partial charge in [0.25, 0.3) is 5.69 Å². The van der Waals surface area contributed by atoms with Crippen LogP contribution < -0.4 is 5.32 Å². The highest BCUT2D eigenvalue weighted by Gasteiger charge is 2.18. The predicted octanol–water partition coefficient (Wildman–Crippen LogP) is 4.06. The van der Waals surface area contributed by atoms with E-state index in [1.807, 2.05) is 0 Å². The van der Waals surface area contributed by atoms with Gasteiger partial charge in [0.1, 0.15) is 0 Å². The summed E-state index contributed by atoms with van der Waals surface area (Å²) in [5.74, 6) is 0. The molecule has 0 fully saturated rings. The van der Waals surface area contributed by atoms with Crippen LogP contribution in [-0.4, -0.2) is 16.5 Å². The summed E-state index contributed by atoms with van der Waals surface area (Å²) in [6.07, 6.45) is 9.19. The van der Waals surface area contributed by atoms with E-state index >= 15 is 0 Å². The number of aromatic nitrogens is 1. The third kappa shape index (κ3) is 5.79. The molecule has 0 atom stereocenters. The smallest absolute Gasteiger partial charge is 0.278 e. The maximum Gasteiger partial charge on any atom is 0.278 e. The first kappa shape index (κ1) is 17.6. The summed E-state index contributed by atoms with van der Waals surface area (Å²) < 4.78 is 0. The molecule has 1 N–H and O–H groups in total. The molecule has 0 unspecified atom stereocenters. The summed E-state index contributed by atoms with van der Waals surface area (Å²) in [6.45, 7) is 7.26. The van der Waals surface area contributed by atoms with Crippen LogP contribution in [0.5, 0.6) is 0 Å². The van der Waals surface area contributed by atoms with Crippen molar-refractivity contribution in [2.45, 2.75) is 65.8 Å². The Morgan fingerprint density at radius 1 is 1.19 bits per heavy atom. The van der Waals surface area contributed by atoms with Crippen molar-refractivity contribution in [3.05, 3.63) is 33.1 Å². The van der Waals surface area contributed by atoms with Crippen molar-refractivity contribution in [3.8, 4) is 0 Å². The van der Waals surface area contributed by atoms with Crippen LogP contribution in [0.25, 0.3) is 0 Å². The monoisotopic (exact) mass is 293 g/mol. The van der Waals surface area contributed by atoms with Gasteiger partial charge in [-0.25, -0.2) is 0 Å². The highest BCUT2D eigenvalue weighted by atomic mass is 16.6. The Bertz CT molecular complexity index is 461. The van der Waals surface area contributed by atoms with Crippen molar-refractivity contribution in [2.75, 3.05) is 6.54 Å². The highest BCUT2D eigenvalue weighted by molar-refractivity contribution is 5.47. The van der Waals surface area contributed by atoms with Crippen molar-refractivity contribution in [1.82, 2.24) is 10.3 Å². The first-order valence-electron chi connectivity index (χ1n) is 7.88. The first-order valence-corrected chi connectivity index (χ1v) is 7.88. The van der Waals surface area contributed by atoms with Gasteiger partial charge in [-0.3, -0.25) is 15.1 Å². The van der Waals surface area contributed by atoms with Gasteiger partial charge < -0.3 is 5.32 Å². The van der Waals surface area contributed by atoms with E-state index in [0.717, 1.165) is 18.7 Å². The molecule has 0 spiro atoms. The molecule has 0 bridgehead atoms. The minimum atomic E-state index is -0.316. The van der Waals surface area contributed by atoms with Crippen LogP contribution >= 0.6 is 0 Å². The molecule has 0 aliphatic carbocycles. The van der Waals surface area contributed by atoms with Gasteiger partial charge in [0.05, 0.1) is 10.6 Å². The molecule has 0 saturated heterocycles. The summed E-state index contributed by atoms with van der Waals surface area (Å²) in [4.78, 5) is 15.0. The fourth-order valence-corrected chi connectivity index (χ4v) is 2.46. The van der Waals surface area contributed by atoms with Gasteiger partial charge in [0.15, 0.2) is 0 Å². The number of nitrogens with zero attached hydrogens (tertiary/aromatic N) is 2. The summed E-state index contributed by atoms with van der Waals surface area (Å²) in [7, 11) is 0. The summed E-state index contributed by atoms with van der Waals surface area (Å²) >= 11 is 0. The van der Waals surface area contributed by atoms with E-state index < -0.39 is 0 Å². The zero-order valence-corrected chi connectivity index (χ0v) is 13.4. The van der Waals surface area contributed by atoms with Gasteiger partial charge >= 0.3 is 0 Å². The van der Waals surface area contributed by atoms with E-state index in [2.05, 4.69) is 17.2 Å². The maximum atomic E-state index is 11.1. The van der Waals surface area contributed by atoms with Crippen LogP contribution in [-0.2, 0) is 6.54 Å². The highest BCUT2D eigenvalue weighted by Crippen LogP contribution is 2.23. The van der Waals surface area contributed by atoms with Gasteiger partial charge in [0.2, 0.25) is 0 Å². The largest absolute Gasteiger partial charge is 0.311 e. The Kier molecular flexibility index (Phi) is 7.90. The van der Waals surface area contributed by atoms with Crippen molar-refractivity contribution in [2.24, 2.45) is 0 Å². The molecule has 21 heavy (non-hydrogen) atoms. The van der Waals surface area contributed by atoms with Gasteiger partial charge in [-0.15, -0.1) is 0 Å². The predicted molar refractivity (Wildman–Crippen MR) is 85.4 cm³/mol. The average molecular weight is 293 g/mol. The molecule has 0 amide bonds. The Labute approximate surface area is 127 Å². The number of unbranched alkanes of at least 4 members (excludes halogenated alkanes) is 5. The van der Waals surface area contributed by atoms with E-state index in [0.29, 0.717) is 17.7 Å². The van der Waals surface area contributed by atoms with E-state index in [1.165, 1.54) is 32.1 Å². The number of nitro groups is 1. The fraction of sp³-hybridized carbons (Fsp3) is 0.688. The molecular formula is C16H27N3O2. The van der Waals surface area contributed by atoms with Gasteiger partial charge in [-0.05, 0) is 26.8 Å². The Balaban J connectivity index is 2.36. The zero-order valence-electron chi connectivity index (χ0n) is 13.4. The van der Waals surface area contributed by atoms with Gasteiger partial charge in [0, 0.05) is 23.9 Å². The van der Waals surface area contributed by atoms with Crippen LogP contribution in [0.1, 0.15) is 62.3 Å². The summed E-state index contributed by atoms with van der Waals surface area (Å²) in [5.41, 5.74) is 2.27. The number of hydrogen-bond donors (Lipinski definition) is 1. The maximum absolute atomic E-state index is 11.1. The van der Waals surface area contributed by atoms with Gasteiger partial charge in [-0.2, -0.15) is 0 Å². The molecule has 0 aliphatic rings. The topological polar surface area (TPSA) is 68.1 Å². The molecule has 0 aliphatic heterocycles. The second-order valence-electron chi connectivity index (χ2n) is 5.56. The lowest BCUT2D eigenvalue weighted by Crippen LogP contribution is -2.17. The van der Waals surface area contributed by atoms with E-state index in [1.54, 1.807) is 20.0 Å². The van der Waals surface area contributed by atoms with Crippen molar-refractivity contribution < 1.29 is 4.92 Å². The molecule has 0 aromatic carbocycles. The molecule has 1 heterocycles. The van der Waals surface area contributed by atoms with E-state index in [9.17, 15) is 10.1 Å². The fourth-order valence-electron chi connectivity index (χ4n) is 2.46. The first-order chi connectivity index (χ1) is 10.1. The minimum absolute atomic E-state index is 0.196. The number of rotatable bonds is 10. The molecule has 1 rings (SSSR count).